The van der Waals surface area contributed by atoms with E-state index < -0.39 is 0 Å². The maximum atomic E-state index is 3.91. The van der Waals surface area contributed by atoms with E-state index >= 15 is 0 Å². The molecular weight excluding hydrogens is 148 g/mol. The lowest BCUT2D eigenvalue weighted by Gasteiger charge is -2.35. The third-order valence-electron chi connectivity index (χ3n) is 2.54. The molecule has 12 heavy (non-hydrogen) atoms. The summed E-state index contributed by atoms with van der Waals surface area (Å²) in [6.07, 6.45) is 3.66. The van der Waals surface area contributed by atoms with Crippen LogP contribution in [0.1, 0.15) is 26.2 Å². The Morgan fingerprint density at radius 2 is 2.42 bits per heavy atom. The highest BCUT2D eigenvalue weighted by molar-refractivity contribution is 4.79. The van der Waals surface area contributed by atoms with Crippen molar-refractivity contribution in [3.63, 3.8) is 0 Å². The van der Waals surface area contributed by atoms with Crippen molar-refractivity contribution in [2.75, 3.05) is 26.2 Å². The second kappa shape index (κ2) is 5.55. The van der Waals surface area contributed by atoms with Crippen LogP contribution >= 0.6 is 0 Å². The van der Waals surface area contributed by atoms with Gasteiger partial charge in [0, 0.05) is 25.7 Å². The van der Waals surface area contributed by atoms with Crippen LogP contribution in [0.2, 0.25) is 0 Å². The quantitative estimate of drug-likeness (QED) is 0.682. The summed E-state index contributed by atoms with van der Waals surface area (Å²) >= 11 is 0. The molecular formula is C10H21N2. The van der Waals surface area contributed by atoms with Gasteiger partial charge < -0.3 is 5.32 Å². The van der Waals surface area contributed by atoms with Crippen molar-refractivity contribution in [3.05, 3.63) is 6.92 Å². The standard InChI is InChI=1S/C10H21N2/c1-3-5-10-9-11-6-8-12(10)7-4-2/h10-11H,2-9H2,1H3. The van der Waals surface area contributed by atoms with Crippen molar-refractivity contribution >= 4 is 0 Å². The van der Waals surface area contributed by atoms with Gasteiger partial charge in [-0.3, -0.25) is 4.90 Å². The highest BCUT2D eigenvalue weighted by atomic mass is 15.2. The molecule has 0 spiro atoms. The summed E-state index contributed by atoms with van der Waals surface area (Å²) in [6.45, 7) is 10.9. The van der Waals surface area contributed by atoms with Crippen molar-refractivity contribution in [3.8, 4) is 0 Å². The zero-order valence-electron chi connectivity index (χ0n) is 8.18. The number of hydrogen-bond acceptors (Lipinski definition) is 2. The molecule has 0 saturated carbocycles. The monoisotopic (exact) mass is 169 g/mol. The van der Waals surface area contributed by atoms with Crippen molar-refractivity contribution < 1.29 is 0 Å². The molecule has 1 saturated heterocycles. The summed E-state index contributed by atoms with van der Waals surface area (Å²) in [7, 11) is 0. The van der Waals surface area contributed by atoms with E-state index in [0.29, 0.717) is 0 Å². The van der Waals surface area contributed by atoms with Crippen LogP contribution < -0.4 is 5.32 Å². The van der Waals surface area contributed by atoms with E-state index in [1.54, 1.807) is 0 Å². The highest BCUT2D eigenvalue weighted by Crippen LogP contribution is 2.09. The fourth-order valence-electron chi connectivity index (χ4n) is 1.92. The van der Waals surface area contributed by atoms with E-state index in [-0.39, 0.29) is 0 Å². The Bertz CT molecular complexity index is 96.4. The van der Waals surface area contributed by atoms with Gasteiger partial charge in [0.2, 0.25) is 0 Å². The lowest BCUT2D eigenvalue weighted by molar-refractivity contribution is 0.155. The largest absolute Gasteiger partial charge is 0.314 e. The molecule has 2 heteroatoms. The topological polar surface area (TPSA) is 15.3 Å². The van der Waals surface area contributed by atoms with E-state index in [1.807, 2.05) is 0 Å². The molecule has 1 fully saturated rings. The number of nitrogens with zero attached hydrogens (tertiary/aromatic N) is 1. The summed E-state index contributed by atoms with van der Waals surface area (Å²) in [5, 5.41) is 3.45. The fourth-order valence-corrected chi connectivity index (χ4v) is 1.92. The van der Waals surface area contributed by atoms with Crippen molar-refractivity contribution in [2.45, 2.75) is 32.2 Å². The Hall–Kier alpha value is -0.0800. The summed E-state index contributed by atoms with van der Waals surface area (Å²) in [4.78, 5) is 2.58. The molecule has 0 amide bonds. The average Bonchev–Trinajstić information content (AvgIpc) is 2.09. The second-order valence-corrected chi connectivity index (χ2v) is 3.54. The molecule has 0 aliphatic carbocycles. The van der Waals surface area contributed by atoms with Gasteiger partial charge in [0.15, 0.2) is 0 Å². The van der Waals surface area contributed by atoms with Gasteiger partial charge in [0.1, 0.15) is 0 Å². The van der Waals surface area contributed by atoms with Crippen LogP contribution in [0.4, 0.5) is 0 Å². The molecule has 1 aliphatic rings. The van der Waals surface area contributed by atoms with Crippen LogP contribution in [0, 0.1) is 6.92 Å². The zero-order chi connectivity index (χ0) is 8.81. The molecule has 1 atom stereocenters. The van der Waals surface area contributed by atoms with Gasteiger partial charge >= 0.3 is 0 Å². The van der Waals surface area contributed by atoms with E-state index in [0.717, 1.165) is 19.0 Å². The van der Waals surface area contributed by atoms with Crippen LogP contribution in [0.25, 0.3) is 0 Å². The molecule has 71 valence electrons. The first-order valence-corrected chi connectivity index (χ1v) is 5.12. The predicted molar refractivity (Wildman–Crippen MR) is 53.1 cm³/mol. The maximum Gasteiger partial charge on any atom is 0.0221 e. The van der Waals surface area contributed by atoms with Crippen molar-refractivity contribution in [1.29, 1.82) is 0 Å². The fraction of sp³-hybridized carbons (Fsp3) is 0.900. The lowest BCUT2D eigenvalue weighted by atomic mass is 10.1. The molecule has 1 unspecified atom stereocenters. The van der Waals surface area contributed by atoms with Gasteiger partial charge in [0.05, 0.1) is 0 Å². The summed E-state index contributed by atoms with van der Waals surface area (Å²) in [6, 6.07) is 0.769. The third-order valence-corrected chi connectivity index (χ3v) is 2.54. The van der Waals surface area contributed by atoms with Crippen LogP contribution in [-0.2, 0) is 0 Å². The van der Waals surface area contributed by atoms with Crippen LogP contribution in [0.15, 0.2) is 0 Å². The first kappa shape index (κ1) is 10.0. The number of piperazine rings is 1. The van der Waals surface area contributed by atoms with E-state index in [4.69, 9.17) is 0 Å². The van der Waals surface area contributed by atoms with E-state index in [1.165, 1.54) is 32.5 Å². The molecule has 1 heterocycles. The van der Waals surface area contributed by atoms with E-state index in [2.05, 4.69) is 24.1 Å². The molecule has 1 radical (unpaired) electrons. The molecule has 0 aromatic heterocycles. The highest BCUT2D eigenvalue weighted by Gasteiger charge is 2.19. The number of rotatable bonds is 4. The second-order valence-electron chi connectivity index (χ2n) is 3.54. The van der Waals surface area contributed by atoms with Gasteiger partial charge in [-0.1, -0.05) is 20.3 Å². The van der Waals surface area contributed by atoms with E-state index in [9.17, 15) is 0 Å². The molecule has 0 aromatic carbocycles. The Balaban J connectivity index is 2.31. The van der Waals surface area contributed by atoms with Gasteiger partial charge in [-0.15, -0.1) is 0 Å². The van der Waals surface area contributed by atoms with Gasteiger partial charge in [-0.05, 0) is 19.4 Å². The van der Waals surface area contributed by atoms with Crippen LogP contribution in [0.5, 0.6) is 0 Å². The van der Waals surface area contributed by atoms with Gasteiger partial charge in [-0.25, -0.2) is 0 Å². The first-order valence-electron chi connectivity index (χ1n) is 5.12. The molecule has 2 nitrogen and oxygen atoms in total. The third kappa shape index (κ3) is 2.76. The smallest absolute Gasteiger partial charge is 0.0221 e. The predicted octanol–water partition coefficient (Wildman–Crippen LogP) is 1.28. The number of hydrogen-bond donors (Lipinski definition) is 1. The summed E-state index contributed by atoms with van der Waals surface area (Å²) in [5.41, 5.74) is 0. The Morgan fingerprint density at radius 1 is 1.58 bits per heavy atom. The first-order chi connectivity index (χ1) is 5.88. The molecule has 1 rings (SSSR count). The Labute approximate surface area is 76.3 Å². The maximum absolute atomic E-state index is 3.91. The molecule has 0 aromatic rings. The minimum atomic E-state index is 0.769. The van der Waals surface area contributed by atoms with Crippen molar-refractivity contribution in [1.82, 2.24) is 10.2 Å². The van der Waals surface area contributed by atoms with Crippen molar-refractivity contribution in [2.24, 2.45) is 0 Å². The molecule has 1 N–H and O–H groups in total. The SMILES string of the molecule is [CH2]CCN1CCNCC1CCC. The lowest BCUT2D eigenvalue weighted by Crippen LogP contribution is -2.51. The Kier molecular flexibility index (Phi) is 4.62. The summed E-state index contributed by atoms with van der Waals surface area (Å²) < 4.78 is 0. The normalized spacial score (nSPS) is 26.0. The average molecular weight is 169 g/mol. The molecule has 1 aliphatic heterocycles. The summed E-state index contributed by atoms with van der Waals surface area (Å²) in [5.74, 6) is 0. The van der Waals surface area contributed by atoms with Crippen LogP contribution in [0.3, 0.4) is 0 Å². The minimum absolute atomic E-state index is 0.769. The van der Waals surface area contributed by atoms with Gasteiger partial charge in [0.25, 0.3) is 0 Å². The Morgan fingerprint density at radius 3 is 3.08 bits per heavy atom. The van der Waals surface area contributed by atoms with Crippen LogP contribution in [-0.4, -0.2) is 37.1 Å². The minimum Gasteiger partial charge on any atom is -0.314 e. The molecule has 0 bridgehead atoms. The number of nitrogens with one attached hydrogen (secondary N) is 1. The zero-order valence-corrected chi connectivity index (χ0v) is 8.18. The van der Waals surface area contributed by atoms with Gasteiger partial charge in [-0.2, -0.15) is 0 Å².